The van der Waals surface area contributed by atoms with E-state index in [0.29, 0.717) is 11.1 Å². The number of nitrogens with zero attached hydrogens (tertiary/aromatic N) is 2. The summed E-state index contributed by atoms with van der Waals surface area (Å²) in [5.74, 6) is -1.39. The predicted molar refractivity (Wildman–Crippen MR) is 103 cm³/mol. The van der Waals surface area contributed by atoms with Crippen molar-refractivity contribution < 1.29 is 31.9 Å². The van der Waals surface area contributed by atoms with E-state index in [9.17, 15) is 27.2 Å². The Morgan fingerprint density at radius 2 is 1.93 bits per heavy atom. The number of nitrogens with one attached hydrogen (secondary N) is 1. The van der Waals surface area contributed by atoms with Crippen LogP contribution in [0.3, 0.4) is 0 Å². The molecule has 6 nitrogen and oxygen atoms in total. The van der Waals surface area contributed by atoms with Gasteiger partial charge in [-0.3, -0.25) is 9.48 Å². The van der Waals surface area contributed by atoms with Crippen molar-refractivity contribution in [1.29, 1.82) is 0 Å². The number of ether oxygens (including phenoxy) is 1. The van der Waals surface area contributed by atoms with Crippen LogP contribution in [0.4, 0.5) is 22.6 Å². The predicted octanol–water partition coefficient (Wildman–Crippen LogP) is 5.17. The van der Waals surface area contributed by atoms with Gasteiger partial charge in [-0.25, -0.2) is 22.4 Å². The molecule has 0 spiro atoms. The fraction of sp³-hybridized carbons (Fsp3) is 0.500. The van der Waals surface area contributed by atoms with Crippen molar-refractivity contribution in [3.05, 3.63) is 32.4 Å². The van der Waals surface area contributed by atoms with Crippen LogP contribution in [0.25, 0.3) is 0 Å². The van der Waals surface area contributed by atoms with E-state index in [0.717, 1.165) is 29.7 Å². The van der Waals surface area contributed by atoms with Gasteiger partial charge in [0.1, 0.15) is 22.9 Å². The third-order valence-electron chi connectivity index (χ3n) is 4.57. The summed E-state index contributed by atoms with van der Waals surface area (Å²) in [7, 11) is 0. The van der Waals surface area contributed by atoms with Crippen LogP contribution in [0.1, 0.15) is 64.8 Å². The van der Waals surface area contributed by atoms with E-state index in [1.807, 2.05) is 0 Å². The molecule has 0 bridgehead atoms. The number of amides is 1. The maximum absolute atomic E-state index is 13.3. The van der Waals surface area contributed by atoms with Crippen molar-refractivity contribution in [2.45, 2.75) is 52.0 Å². The monoisotopic (exact) mass is 467 g/mol. The van der Waals surface area contributed by atoms with Crippen molar-refractivity contribution in [3.8, 4) is 0 Å². The van der Waals surface area contributed by atoms with Crippen molar-refractivity contribution in [2.24, 2.45) is 0 Å². The third kappa shape index (κ3) is 4.46. The summed E-state index contributed by atoms with van der Waals surface area (Å²) in [6, 6.07) is 0. The topological polar surface area (TPSA) is 73.2 Å². The number of esters is 1. The first kappa shape index (κ1) is 22.5. The Balaban J connectivity index is 1.88. The van der Waals surface area contributed by atoms with E-state index in [4.69, 9.17) is 16.3 Å². The van der Waals surface area contributed by atoms with Crippen molar-refractivity contribution in [2.75, 3.05) is 11.9 Å². The Bertz CT molecular complexity index is 961. The SMILES string of the molecule is CCOC(=O)c1c(NC(=O)Cn2nc(C(F)F)c(Cl)c2C(F)F)sc2c1CCCC2. The molecule has 0 atom stereocenters. The van der Waals surface area contributed by atoms with Gasteiger partial charge in [0.05, 0.1) is 17.2 Å². The van der Waals surface area contributed by atoms with E-state index in [-0.39, 0.29) is 17.2 Å². The van der Waals surface area contributed by atoms with Gasteiger partial charge in [0.25, 0.3) is 12.9 Å². The molecule has 2 aromatic heterocycles. The number of fused-ring (bicyclic) bond motifs is 1. The van der Waals surface area contributed by atoms with Gasteiger partial charge in [-0.15, -0.1) is 11.3 Å². The zero-order valence-corrected chi connectivity index (χ0v) is 17.4. The van der Waals surface area contributed by atoms with E-state index in [2.05, 4.69) is 10.4 Å². The lowest BCUT2D eigenvalue weighted by atomic mass is 9.95. The molecule has 0 saturated carbocycles. The molecule has 0 radical (unpaired) electrons. The van der Waals surface area contributed by atoms with Gasteiger partial charge < -0.3 is 10.1 Å². The molecule has 0 aromatic carbocycles. The lowest BCUT2D eigenvalue weighted by Crippen LogP contribution is -2.22. The molecule has 0 saturated heterocycles. The summed E-state index contributed by atoms with van der Waals surface area (Å²) in [5, 5.41) is 5.27. The fourth-order valence-electron chi connectivity index (χ4n) is 3.32. The van der Waals surface area contributed by atoms with E-state index < -0.39 is 47.7 Å². The van der Waals surface area contributed by atoms with E-state index in [1.165, 1.54) is 11.3 Å². The van der Waals surface area contributed by atoms with Gasteiger partial charge in [-0.2, -0.15) is 5.10 Å². The zero-order chi connectivity index (χ0) is 22.0. The smallest absolute Gasteiger partial charge is 0.341 e. The highest BCUT2D eigenvalue weighted by atomic mass is 35.5. The second-order valence-electron chi connectivity index (χ2n) is 6.53. The number of carbonyl (C=O) groups is 2. The van der Waals surface area contributed by atoms with Gasteiger partial charge in [-0.05, 0) is 38.2 Å². The zero-order valence-electron chi connectivity index (χ0n) is 15.8. The molecule has 1 N–H and O–H groups in total. The molecule has 30 heavy (non-hydrogen) atoms. The number of hydrogen-bond acceptors (Lipinski definition) is 5. The van der Waals surface area contributed by atoms with Crippen LogP contribution in [0.2, 0.25) is 5.02 Å². The van der Waals surface area contributed by atoms with Gasteiger partial charge >= 0.3 is 5.97 Å². The number of hydrogen-bond donors (Lipinski definition) is 1. The number of aromatic nitrogens is 2. The van der Waals surface area contributed by atoms with Gasteiger partial charge in [-0.1, -0.05) is 11.6 Å². The van der Waals surface area contributed by atoms with Crippen LogP contribution in [-0.2, 0) is 28.9 Å². The van der Waals surface area contributed by atoms with Crippen LogP contribution in [0.15, 0.2) is 0 Å². The number of halogens is 5. The van der Waals surface area contributed by atoms with Gasteiger partial charge in [0.15, 0.2) is 0 Å². The molecule has 12 heteroatoms. The van der Waals surface area contributed by atoms with E-state index >= 15 is 0 Å². The Labute approximate surface area is 178 Å². The normalized spacial score (nSPS) is 13.6. The minimum absolute atomic E-state index is 0.150. The maximum atomic E-state index is 13.3. The van der Waals surface area contributed by atoms with Crippen LogP contribution >= 0.6 is 22.9 Å². The number of thiophene rings is 1. The molecule has 1 amide bonds. The molecule has 1 aliphatic carbocycles. The number of carbonyl (C=O) groups excluding carboxylic acids is 2. The number of anilines is 1. The van der Waals surface area contributed by atoms with Gasteiger partial charge in [0, 0.05) is 4.88 Å². The lowest BCUT2D eigenvalue weighted by molar-refractivity contribution is -0.117. The molecule has 2 aromatic rings. The molecule has 0 unspecified atom stereocenters. The van der Waals surface area contributed by atoms with Crippen LogP contribution < -0.4 is 5.32 Å². The Kier molecular flexibility index (Phi) is 7.02. The highest BCUT2D eigenvalue weighted by molar-refractivity contribution is 7.17. The average Bonchev–Trinajstić information content (AvgIpc) is 3.18. The molecular weight excluding hydrogens is 450 g/mol. The number of aryl methyl sites for hydroxylation is 1. The molecule has 1 aliphatic rings. The first-order valence-electron chi connectivity index (χ1n) is 9.18. The molecular formula is C18H18ClF4N3O3S. The molecule has 3 rings (SSSR count). The maximum Gasteiger partial charge on any atom is 0.341 e. The number of rotatable bonds is 7. The molecule has 2 heterocycles. The summed E-state index contributed by atoms with van der Waals surface area (Å²) >= 11 is 6.82. The van der Waals surface area contributed by atoms with Crippen LogP contribution in [0.5, 0.6) is 0 Å². The highest BCUT2D eigenvalue weighted by Crippen LogP contribution is 2.39. The Morgan fingerprint density at radius 3 is 2.57 bits per heavy atom. The summed E-state index contributed by atoms with van der Waals surface area (Å²) in [5.41, 5.74) is -0.905. The van der Waals surface area contributed by atoms with Crippen LogP contribution in [0, 0.1) is 0 Å². The van der Waals surface area contributed by atoms with Crippen LogP contribution in [-0.4, -0.2) is 28.3 Å². The fourth-order valence-corrected chi connectivity index (χ4v) is 4.91. The average molecular weight is 468 g/mol. The van der Waals surface area contributed by atoms with Crippen molar-refractivity contribution in [1.82, 2.24) is 9.78 Å². The Hall–Kier alpha value is -2.14. The molecule has 0 aliphatic heterocycles. The summed E-state index contributed by atoms with van der Waals surface area (Å²) in [6.07, 6.45) is -3.11. The first-order valence-corrected chi connectivity index (χ1v) is 10.4. The first-order chi connectivity index (χ1) is 14.2. The Morgan fingerprint density at radius 1 is 1.23 bits per heavy atom. The molecule has 0 fully saturated rings. The highest BCUT2D eigenvalue weighted by Gasteiger charge is 2.30. The lowest BCUT2D eigenvalue weighted by Gasteiger charge is -2.12. The van der Waals surface area contributed by atoms with Crippen molar-refractivity contribution >= 4 is 39.8 Å². The number of alkyl halides is 4. The largest absolute Gasteiger partial charge is 0.462 e. The molecule has 164 valence electrons. The summed E-state index contributed by atoms with van der Waals surface area (Å²) < 4.78 is 58.0. The quantitative estimate of drug-likeness (QED) is 0.450. The minimum Gasteiger partial charge on any atom is -0.462 e. The summed E-state index contributed by atoms with van der Waals surface area (Å²) in [4.78, 5) is 25.9. The van der Waals surface area contributed by atoms with Gasteiger partial charge in [0.2, 0.25) is 5.91 Å². The summed E-state index contributed by atoms with van der Waals surface area (Å²) in [6.45, 7) is 1.04. The minimum atomic E-state index is -3.20. The van der Waals surface area contributed by atoms with E-state index in [1.54, 1.807) is 6.92 Å². The second-order valence-corrected chi connectivity index (χ2v) is 8.01. The second kappa shape index (κ2) is 9.34. The standard InChI is InChI=1S/C18H18ClF4N3O3S/c1-2-29-18(28)11-8-5-3-4-6-9(8)30-17(11)24-10(27)7-26-14(16(22)23)12(19)13(25-26)15(20)21/h15-16H,2-7H2,1H3,(H,24,27). The van der Waals surface area contributed by atoms with Crippen molar-refractivity contribution in [3.63, 3.8) is 0 Å². The third-order valence-corrected chi connectivity index (χ3v) is 6.16.